The molecular weight excluding hydrogens is 438 g/mol. The molecule has 0 unspecified atom stereocenters. The van der Waals surface area contributed by atoms with Gasteiger partial charge in [0.05, 0.1) is 0 Å². The molecule has 3 heteroatoms. The summed E-state index contributed by atoms with van der Waals surface area (Å²) in [6.45, 7) is 6.20. The van der Waals surface area contributed by atoms with E-state index in [1.807, 2.05) is 72.8 Å². The van der Waals surface area contributed by atoms with Gasteiger partial charge in [0.1, 0.15) is 0 Å². The van der Waals surface area contributed by atoms with Crippen molar-refractivity contribution in [1.82, 2.24) is 0 Å². The lowest BCUT2D eigenvalue weighted by Crippen LogP contribution is -2.02. The first kappa shape index (κ1) is 24.1. The molecule has 36 heavy (non-hydrogen) atoms. The first-order chi connectivity index (χ1) is 17.3. The van der Waals surface area contributed by atoms with Gasteiger partial charge >= 0.3 is 0 Å². The van der Waals surface area contributed by atoms with E-state index in [4.69, 9.17) is 17.2 Å². The summed E-state index contributed by atoms with van der Waals surface area (Å²) in [4.78, 5) is 0. The topological polar surface area (TPSA) is 78.1 Å². The Bertz CT molecular complexity index is 1390. The second kappa shape index (κ2) is 10.5. The number of anilines is 3. The van der Waals surface area contributed by atoms with Crippen molar-refractivity contribution in [2.75, 3.05) is 17.2 Å². The molecule has 0 aromatic heterocycles. The van der Waals surface area contributed by atoms with Crippen LogP contribution in [0.4, 0.5) is 17.1 Å². The highest BCUT2D eigenvalue weighted by molar-refractivity contribution is 5.67. The molecule has 0 heterocycles. The quantitative estimate of drug-likeness (QED) is 0.235. The molecule has 0 amide bonds. The van der Waals surface area contributed by atoms with Gasteiger partial charge in [-0.2, -0.15) is 0 Å². The van der Waals surface area contributed by atoms with Crippen molar-refractivity contribution in [2.24, 2.45) is 0 Å². The summed E-state index contributed by atoms with van der Waals surface area (Å²) in [5.74, 6) is 20.0. The number of hydrogen-bond acceptors (Lipinski definition) is 3. The summed E-state index contributed by atoms with van der Waals surface area (Å²) < 4.78 is 0. The molecule has 3 nitrogen and oxygen atoms in total. The third-order valence-corrected chi connectivity index (χ3v) is 5.98. The summed E-state index contributed by atoms with van der Waals surface area (Å²) in [5.41, 5.74) is 28.2. The Morgan fingerprint density at radius 1 is 0.361 bits per heavy atom. The highest BCUT2D eigenvalue weighted by Crippen LogP contribution is 2.26. The maximum atomic E-state index is 5.83. The summed E-state index contributed by atoms with van der Waals surface area (Å²) in [6, 6.07) is 22.6. The molecule has 0 aliphatic heterocycles. The van der Waals surface area contributed by atoms with Crippen molar-refractivity contribution in [1.29, 1.82) is 0 Å². The lowest BCUT2D eigenvalue weighted by atomic mass is 9.88. The van der Waals surface area contributed by atoms with Crippen LogP contribution >= 0.6 is 0 Å². The SMILES string of the molecule is Cc1c(C#Cc2ccc(N)cc2)c(C)c(C#Cc2ccc(N)cc2)c(C)c1C#Cc1ccc(N)cc1. The van der Waals surface area contributed by atoms with Crippen LogP contribution in [0.3, 0.4) is 0 Å². The number of rotatable bonds is 0. The molecule has 4 rings (SSSR count). The number of hydrogen-bond donors (Lipinski definition) is 3. The van der Waals surface area contributed by atoms with E-state index in [1.165, 1.54) is 0 Å². The maximum Gasteiger partial charge on any atom is 0.0332 e. The summed E-state index contributed by atoms with van der Waals surface area (Å²) in [5, 5.41) is 0. The average molecular weight is 466 g/mol. The second-order valence-corrected chi connectivity index (χ2v) is 8.62. The fourth-order valence-corrected chi connectivity index (χ4v) is 3.88. The number of nitrogens with two attached hydrogens (primary N) is 3. The van der Waals surface area contributed by atoms with Gasteiger partial charge in [0, 0.05) is 50.4 Å². The Labute approximate surface area is 213 Å². The van der Waals surface area contributed by atoms with Gasteiger partial charge in [-0.25, -0.2) is 0 Å². The van der Waals surface area contributed by atoms with Gasteiger partial charge in [-0.1, -0.05) is 35.5 Å². The van der Waals surface area contributed by atoms with E-state index in [1.54, 1.807) is 0 Å². The Morgan fingerprint density at radius 3 is 0.806 bits per heavy atom. The molecular formula is C33H27N3. The molecule has 0 aliphatic rings. The zero-order chi connectivity index (χ0) is 25.7. The highest BCUT2D eigenvalue weighted by Gasteiger charge is 2.14. The van der Waals surface area contributed by atoms with Crippen molar-refractivity contribution >= 4 is 17.1 Å². The van der Waals surface area contributed by atoms with Crippen LogP contribution in [0.1, 0.15) is 50.1 Å². The lowest BCUT2D eigenvalue weighted by Gasteiger charge is -2.14. The van der Waals surface area contributed by atoms with Crippen LogP contribution in [-0.4, -0.2) is 0 Å². The molecule has 0 saturated heterocycles. The summed E-state index contributed by atoms with van der Waals surface area (Å²) >= 11 is 0. The van der Waals surface area contributed by atoms with E-state index in [2.05, 4.69) is 56.3 Å². The maximum absolute atomic E-state index is 5.83. The van der Waals surface area contributed by atoms with Crippen molar-refractivity contribution in [2.45, 2.75) is 20.8 Å². The standard InChI is InChI=1S/C33H27N3/c1-22-31(19-10-25-4-13-28(34)14-5-25)23(2)33(21-12-27-8-17-30(36)18-9-27)24(3)32(22)20-11-26-6-15-29(35)16-7-26/h4-9,13-18H,34-36H2,1-3H3. The number of benzene rings is 4. The number of nitrogen functional groups attached to an aromatic ring is 3. The van der Waals surface area contributed by atoms with E-state index in [9.17, 15) is 0 Å². The Kier molecular flexibility index (Phi) is 7.02. The minimum Gasteiger partial charge on any atom is -0.399 e. The van der Waals surface area contributed by atoms with E-state index >= 15 is 0 Å². The highest BCUT2D eigenvalue weighted by atomic mass is 14.5. The van der Waals surface area contributed by atoms with Crippen molar-refractivity contribution in [3.05, 3.63) is 123 Å². The Hall–Kier alpha value is -5.04. The van der Waals surface area contributed by atoms with E-state index in [0.29, 0.717) is 17.1 Å². The molecule has 0 bridgehead atoms. The zero-order valence-electron chi connectivity index (χ0n) is 20.7. The van der Waals surface area contributed by atoms with Crippen LogP contribution in [0.25, 0.3) is 0 Å². The minimum atomic E-state index is 0.712. The third kappa shape index (κ3) is 5.53. The third-order valence-electron chi connectivity index (χ3n) is 5.98. The van der Waals surface area contributed by atoms with E-state index in [-0.39, 0.29) is 0 Å². The predicted molar refractivity (Wildman–Crippen MR) is 151 cm³/mol. The second-order valence-electron chi connectivity index (χ2n) is 8.62. The summed E-state index contributed by atoms with van der Waals surface area (Å²) in [7, 11) is 0. The molecule has 0 atom stereocenters. The lowest BCUT2D eigenvalue weighted by molar-refractivity contribution is 1.25. The largest absolute Gasteiger partial charge is 0.399 e. The molecule has 0 fully saturated rings. The van der Waals surface area contributed by atoms with Gasteiger partial charge in [0.15, 0.2) is 0 Å². The molecule has 4 aromatic carbocycles. The van der Waals surface area contributed by atoms with Gasteiger partial charge in [-0.15, -0.1) is 0 Å². The van der Waals surface area contributed by atoms with Gasteiger partial charge in [-0.3, -0.25) is 0 Å². The van der Waals surface area contributed by atoms with Crippen molar-refractivity contribution in [3.63, 3.8) is 0 Å². The van der Waals surface area contributed by atoms with Gasteiger partial charge in [0.25, 0.3) is 0 Å². The molecule has 174 valence electrons. The zero-order valence-corrected chi connectivity index (χ0v) is 20.7. The fraction of sp³-hybridized carbons (Fsp3) is 0.0909. The molecule has 0 aliphatic carbocycles. The molecule has 0 radical (unpaired) electrons. The van der Waals surface area contributed by atoms with Crippen LogP contribution < -0.4 is 17.2 Å². The molecule has 0 spiro atoms. The van der Waals surface area contributed by atoms with Crippen molar-refractivity contribution < 1.29 is 0 Å². The average Bonchev–Trinajstić information content (AvgIpc) is 2.87. The van der Waals surface area contributed by atoms with Gasteiger partial charge < -0.3 is 17.2 Å². The smallest absolute Gasteiger partial charge is 0.0332 e. The summed E-state index contributed by atoms with van der Waals surface area (Å²) in [6.07, 6.45) is 0. The van der Waals surface area contributed by atoms with E-state index < -0.39 is 0 Å². The van der Waals surface area contributed by atoms with Crippen LogP contribution in [0.5, 0.6) is 0 Å². The fourth-order valence-electron chi connectivity index (χ4n) is 3.88. The van der Waals surface area contributed by atoms with Crippen LogP contribution in [0.2, 0.25) is 0 Å². The van der Waals surface area contributed by atoms with Crippen LogP contribution in [-0.2, 0) is 0 Å². The predicted octanol–water partition coefficient (Wildman–Crippen LogP) is 5.56. The molecule has 6 N–H and O–H groups in total. The van der Waals surface area contributed by atoms with Crippen LogP contribution in [0, 0.1) is 56.3 Å². The van der Waals surface area contributed by atoms with E-state index in [0.717, 1.165) is 50.1 Å². The minimum absolute atomic E-state index is 0.712. The van der Waals surface area contributed by atoms with Crippen LogP contribution in [0.15, 0.2) is 72.8 Å². The van der Waals surface area contributed by atoms with Gasteiger partial charge in [0.2, 0.25) is 0 Å². The molecule has 4 aromatic rings. The first-order valence-corrected chi connectivity index (χ1v) is 11.6. The van der Waals surface area contributed by atoms with Gasteiger partial charge in [-0.05, 0) is 110 Å². The Morgan fingerprint density at radius 2 is 0.583 bits per heavy atom. The normalized spacial score (nSPS) is 9.75. The van der Waals surface area contributed by atoms with Crippen molar-refractivity contribution in [3.8, 4) is 35.5 Å². The molecule has 0 saturated carbocycles. The monoisotopic (exact) mass is 465 g/mol. The Balaban J connectivity index is 1.88. The first-order valence-electron chi connectivity index (χ1n) is 11.6.